The molecule has 0 aliphatic carbocycles. The average Bonchev–Trinajstić information content (AvgIpc) is 3.23. The van der Waals surface area contributed by atoms with Crippen molar-refractivity contribution in [3.8, 4) is 22.8 Å². The van der Waals surface area contributed by atoms with Crippen LogP contribution in [0.5, 0.6) is 5.75 Å². The highest BCUT2D eigenvalue weighted by Gasteiger charge is 2.17. The molecule has 0 aliphatic heterocycles. The molecular weight excluding hydrogens is 446 g/mol. The van der Waals surface area contributed by atoms with Crippen molar-refractivity contribution in [3.05, 3.63) is 78.1 Å². The fraction of sp³-hybridized carbons (Fsp3) is 0.130. The number of anilines is 1. The molecule has 0 saturated heterocycles. The molecule has 0 saturated carbocycles. The van der Waals surface area contributed by atoms with Crippen LogP contribution >= 0.6 is 23.4 Å². The second kappa shape index (κ2) is 10.3. The average molecular weight is 466 g/mol. The minimum Gasteiger partial charge on any atom is -0.494 e. The number of nitrogens with zero attached hydrogens (tertiary/aromatic N) is 4. The van der Waals surface area contributed by atoms with E-state index in [1.54, 1.807) is 36.7 Å². The van der Waals surface area contributed by atoms with Crippen molar-refractivity contribution in [2.45, 2.75) is 12.1 Å². The predicted molar refractivity (Wildman–Crippen MR) is 127 cm³/mol. The molecule has 2 aromatic carbocycles. The highest BCUT2D eigenvalue weighted by molar-refractivity contribution is 7.99. The van der Waals surface area contributed by atoms with E-state index < -0.39 is 0 Å². The Kier molecular flexibility index (Phi) is 7.03. The van der Waals surface area contributed by atoms with Gasteiger partial charge in [-0.2, -0.15) is 0 Å². The zero-order chi connectivity index (χ0) is 22.3. The van der Waals surface area contributed by atoms with Gasteiger partial charge in [-0.1, -0.05) is 29.4 Å². The van der Waals surface area contributed by atoms with Crippen LogP contribution in [0.1, 0.15) is 6.92 Å². The van der Waals surface area contributed by atoms with Crippen molar-refractivity contribution in [1.29, 1.82) is 0 Å². The van der Waals surface area contributed by atoms with Crippen LogP contribution in [0.2, 0.25) is 5.02 Å². The molecule has 162 valence electrons. The number of amides is 1. The van der Waals surface area contributed by atoms with Gasteiger partial charge in [-0.25, -0.2) is 0 Å². The molecule has 2 aromatic heterocycles. The molecule has 9 heteroatoms. The predicted octanol–water partition coefficient (Wildman–Crippen LogP) is 5.11. The summed E-state index contributed by atoms with van der Waals surface area (Å²) in [5.41, 5.74) is 2.38. The number of benzene rings is 2. The number of nitrogens with one attached hydrogen (secondary N) is 1. The number of aromatic nitrogens is 4. The number of rotatable bonds is 8. The quantitative estimate of drug-likeness (QED) is 0.364. The van der Waals surface area contributed by atoms with Crippen molar-refractivity contribution in [1.82, 2.24) is 19.7 Å². The number of carbonyl (C=O) groups excluding carboxylic acids is 1. The number of hydrogen-bond acceptors (Lipinski definition) is 6. The third kappa shape index (κ3) is 5.27. The lowest BCUT2D eigenvalue weighted by Gasteiger charge is -2.11. The lowest BCUT2D eigenvalue weighted by molar-refractivity contribution is -0.113. The fourth-order valence-corrected chi connectivity index (χ4v) is 3.98. The number of hydrogen-bond donors (Lipinski definition) is 1. The van der Waals surface area contributed by atoms with Gasteiger partial charge in [0.2, 0.25) is 5.91 Å². The van der Waals surface area contributed by atoms with Crippen molar-refractivity contribution < 1.29 is 9.53 Å². The zero-order valence-corrected chi connectivity index (χ0v) is 18.8. The molecule has 1 N–H and O–H groups in total. The third-order valence-electron chi connectivity index (χ3n) is 4.42. The van der Waals surface area contributed by atoms with E-state index in [-0.39, 0.29) is 11.7 Å². The number of pyridine rings is 1. The summed E-state index contributed by atoms with van der Waals surface area (Å²) in [7, 11) is 0. The van der Waals surface area contributed by atoms with Crippen molar-refractivity contribution in [2.24, 2.45) is 0 Å². The van der Waals surface area contributed by atoms with Crippen LogP contribution in [0, 0.1) is 0 Å². The molecule has 0 atom stereocenters. The van der Waals surface area contributed by atoms with E-state index in [1.807, 2.05) is 47.9 Å². The zero-order valence-electron chi connectivity index (χ0n) is 17.2. The topological polar surface area (TPSA) is 81.9 Å². The fourth-order valence-electron chi connectivity index (χ4n) is 3.04. The lowest BCUT2D eigenvalue weighted by atomic mass is 10.2. The standard InChI is InChI=1S/C23H20ClN5O2S/c1-2-31-20-8-6-19(7-9-20)29-22(16-10-12-25-13-11-16)27-28-23(29)32-15-21(30)26-18-5-3-4-17(24)14-18/h3-14H,2,15H2,1H3,(H,26,30). The Morgan fingerprint density at radius 2 is 1.88 bits per heavy atom. The minimum atomic E-state index is -0.163. The summed E-state index contributed by atoms with van der Waals surface area (Å²) in [6, 6.07) is 18.5. The molecule has 0 fully saturated rings. The summed E-state index contributed by atoms with van der Waals surface area (Å²) >= 11 is 7.29. The smallest absolute Gasteiger partial charge is 0.234 e. The maximum absolute atomic E-state index is 12.5. The molecule has 0 aliphatic rings. The summed E-state index contributed by atoms with van der Waals surface area (Å²) in [4.78, 5) is 16.6. The van der Waals surface area contributed by atoms with Crippen LogP contribution in [-0.2, 0) is 4.79 Å². The lowest BCUT2D eigenvalue weighted by Crippen LogP contribution is -2.14. The van der Waals surface area contributed by atoms with Gasteiger partial charge in [-0.15, -0.1) is 10.2 Å². The molecule has 0 bridgehead atoms. The van der Waals surface area contributed by atoms with Crippen LogP contribution < -0.4 is 10.1 Å². The second-order valence-electron chi connectivity index (χ2n) is 6.65. The molecule has 32 heavy (non-hydrogen) atoms. The molecule has 0 unspecified atom stereocenters. The Balaban J connectivity index is 1.59. The van der Waals surface area contributed by atoms with Crippen LogP contribution in [0.4, 0.5) is 5.69 Å². The Bertz CT molecular complexity index is 1200. The first-order valence-electron chi connectivity index (χ1n) is 9.91. The van der Waals surface area contributed by atoms with E-state index in [4.69, 9.17) is 16.3 Å². The van der Waals surface area contributed by atoms with E-state index in [0.717, 1.165) is 17.0 Å². The number of thioether (sulfide) groups is 1. The molecular formula is C23H20ClN5O2S. The summed E-state index contributed by atoms with van der Waals surface area (Å²) in [5.74, 6) is 1.45. The summed E-state index contributed by atoms with van der Waals surface area (Å²) in [6.45, 7) is 2.54. The first-order valence-corrected chi connectivity index (χ1v) is 11.3. The summed E-state index contributed by atoms with van der Waals surface area (Å²) in [6.07, 6.45) is 3.41. The van der Waals surface area contributed by atoms with Gasteiger partial charge in [0.05, 0.1) is 12.4 Å². The highest BCUT2D eigenvalue weighted by Crippen LogP contribution is 2.29. The number of halogens is 1. The van der Waals surface area contributed by atoms with Crippen molar-refractivity contribution in [3.63, 3.8) is 0 Å². The highest BCUT2D eigenvalue weighted by atomic mass is 35.5. The monoisotopic (exact) mass is 465 g/mol. The second-order valence-corrected chi connectivity index (χ2v) is 8.03. The van der Waals surface area contributed by atoms with Gasteiger partial charge < -0.3 is 10.1 Å². The Hall–Kier alpha value is -3.36. The minimum absolute atomic E-state index is 0.163. The van der Waals surface area contributed by atoms with Gasteiger partial charge in [0.25, 0.3) is 0 Å². The molecule has 0 spiro atoms. The molecule has 1 amide bonds. The van der Waals surface area contributed by atoms with Crippen LogP contribution in [0.25, 0.3) is 17.1 Å². The maximum atomic E-state index is 12.5. The molecule has 2 heterocycles. The molecule has 4 aromatic rings. The molecule has 4 rings (SSSR count). The van der Waals surface area contributed by atoms with Gasteiger partial charge >= 0.3 is 0 Å². The van der Waals surface area contributed by atoms with Crippen LogP contribution in [-0.4, -0.2) is 38.0 Å². The van der Waals surface area contributed by atoms with Crippen molar-refractivity contribution >= 4 is 35.0 Å². The first kappa shape index (κ1) is 21.9. The van der Waals surface area contributed by atoms with Crippen molar-refractivity contribution in [2.75, 3.05) is 17.7 Å². The normalized spacial score (nSPS) is 10.7. The van der Waals surface area contributed by atoms with E-state index in [1.165, 1.54) is 11.8 Å². The van der Waals surface area contributed by atoms with Crippen LogP contribution in [0.3, 0.4) is 0 Å². The largest absolute Gasteiger partial charge is 0.494 e. The third-order valence-corrected chi connectivity index (χ3v) is 5.58. The summed E-state index contributed by atoms with van der Waals surface area (Å²) in [5, 5.41) is 12.7. The van der Waals surface area contributed by atoms with E-state index in [9.17, 15) is 4.79 Å². The Morgan fingerprint density at radius 1 is 1.09 bits per heavy atom. The van der Waals surface area contributed by atoms with Gasteiger partial charge in [0.15, 0.2) is 11.0 Å². The van der Waals surface area contributed by atoms with E-state index in [0.29, 0.717) is 28.3 Å². The number of ether oxygens (including phenoxy) is 1. The number of carbonyl (C=O) groups is 1. The van der Waals surface area contributed by atoms with Gasteiger partial charge in [0, 0.05) is 34.4 Å². The van der Waals surface area contributed by atoms with Gasteiger partial charge in [0.1, 0.15) is 5.75 Å². The van der Waals surface area contributed by atoms with E-state index in [2.05, 4.69) is 20.5 Å². The van der Waals surface area contributed by atoms with E-state index >= 15 is 0 Å². The van der Waals surface area contributed by atoms with Crippen LogP contribution in [0.15, 0.2) is 78.2 Å². The Morgan fingerprint density at radius 3 is 2.59 bits per heavy atom. The SMILES string of the molecule is CCOc1ccc(-n2c(SCC(=O)Nc3cccc(Cl)c3)nnc2-c2ccncc2)cc1. The summed E-state index contributed by atoms with van der Waals surface area (Å²) < 4.78 is 7.47. The molecule has 0 radical (unpaired) electrons. The Labute approximate surface area is 194 Å². The van der Waals surface area contributed by atoms with Gasteiger partial charge in [-0.05, 0) is 61.5 Å². The van der Waals surface area contributed by atoms with Gasteiger partial charge in [-0.3, -0.25) is 14.3 Å². The maximum Gasteiger partial charge on any atom is 0.234 e. The molecule has 7 nitrogen and oxygen atoms in total. The first-order chi connectivity index (χ1) is 15.6.